The highest BCUT2D eigenvalue weighted by Crippen LogP contribution is 2.28. The summed E-state index contributed by atoms with van der Waals surface area (Å²) in [6.45, 7) is 0.219. The Bertz CT molecular complexity index is 384. The maximum atomic E-state index is 9.26. The number of aliphatic hydroxyl groups is 1. The zero-order valence-corrected chi connectivity index (χ0v) is 9.98. The lowest BCUT2D eigenvalue weighted by Crippen LogP contribution is -2.27. The third-order valence-corrected chi connectivity index (χ3v) is 3.23. The van der Waals surface area contributed by atoms with E-state index >= 15 is 0 Å². The fourth-order valence-electron chi connectivity index (χ4n) is 2.30. The number of rotatable bonds is 4. The number of anilines is 3. The zero-order chi connectivity index (χ0) is 12.3. The molecule has 1 aliphatic rings. The molecule has 17 heavy (non-hydrogen) atoms. The van der Waals surface area contributed by atoms with Crippen LogP contribution in [0.1, 0.15) is 19.3 Å². The van der Waals surface area contributed by atoms with Gasteiger partial charge in [-0.3, -0.25) is 0 Å². The maximum absolute atomic E-state index is 9.26. The van der Waals surface area contributed by atoms with Gasteiger partial charge in [0.2, 0.25) is 5.95 Å². The molecule has 2 rings (SSSR count). The fraction of sp³-hybridized carbons (Fsp3) is 0.636. The number of hydrogen-bond donors (Lipinski definition) is 4. The molecule has 0 saturated heterocycles. The van der Waals surface area contributed by atoms with E-state index in [-0.39, 0.29) is 18.6 Å². The fourth-order valence-corrected chi connectivity index (χ4v) is 2.30. The summed E-state index contributed by atoms with van der Waals surface area (Å²) >= 11 is 0. The molecule has 6 heteroatoms. The van der Waals surface area contributed by atoms with E-state index < -0.39 is 0 Å². The van der Waals surface area contributed by atoms with Crippen molar-refractivity contribution < 1.29 is 5.11 Å². The second kappa shape index (κ2) is 5.18. The van der Waals surface area contributed by atoms with Crippen LogP contribution < -0.4 is 16.4 Å². The Kier molecular flexibility index (Phi) is 3.63. The van der Waals surface area contributed by atoms with E-state index in [1.54, 1.807) is 7.05 Å². The molecule has 0 spiro atoms. The quantitative estimate of drug-likeness (QED) is 0.615. The molecule has 2 unspecified atom stereocenters. The van der Waals surface area contributed by atoms with Crippen molar-refractivity contribution in [1.29, 1.82) is 0 Å². The summed E-state index contributed by atoms with van der Waals surface area (Å²) in [6, 6.07) is 2.10. The molecule has 0 aromatic carbocycles. The third-order valence-electron chi connectivity index (χ3n) is 3.23. The Morgan fingerprint density at radius 2 is 2.18 bits per heavy atom. The summed E-state index contributed by atoms with van der Waals surface area (Å²) in [7, 11) is 1.79. The first-order valence-corrected chi connectivity index (χ1v) is 5.92. The van der Waals surface area contributed by atoms with Gasteiger partial charge < -0.3 is 21.5 Å². The molecule has 94 valence electrons. The van der Waals surface area contributed by atoms with Crippen molar-refractivity contribution in [2.24, 2.45) is 5.92 Å². The standard InChI is InChI=1S/C11H19N5O/c1-13-9-5-10(16-11(12)15-9)14-8-4-2-3-7(8)6-17/h5,7-8,17H,2-4,6H2,1H3,(H4,12,13,14,15,16). The normalized spacial score (nSPS) is 23.6. The molecule has 1 saturated carbocycles. The molecular formula is C11H19N5O. The van der Waals surface area contributed by atoms with Gasteiger partial charge in [-0.1, -0.05) is 6.42 Å². The first-order chi connectivity index (χ1) is 8.22. The molecular weight excluding hydrogens is 218 g/mol. The van der Waals surface area contributed by atoms with Gasteiger partial charge in [-0.15, -0.1) is 0 Å². The van der Waals surface area contributed by atoms with Crippen molar-refractivity contribution in [3.05, 3.63) is 6.07 Å². The number of aliphatic hydroxyl groups excluding tert-OH is 1. The lowest BCUT2D eigenvalue weighted by atomic mass is 10.1. The van der Waals surface area contributed by atoms with E-state index in [0.717, 1.165) is 19.3 Å². The molecule has 6 nitrogen and oxygen atoms in total. The number of nitrogens with zero attached hydrogens (tertiary/aromatic N) is 2. The van der Waals surface area contributed by atoms with E-state index in [0.29, 0.717) is 17.6 Å². The summed E-state index contributed by atoms with van der Waals surface area (Å²) in [6.07, 6.45) is 3.26. The summed E-state index contributed by atoms with van der Waals surface area (Å²) in [4.78, 5) is 8.18. The van der Waals surface area contributed by atoms with E-state index in [9.17, 15) is 5.11 Å². The Balaban J connectivity index is 2.09. The largest absolute Gasteiger partial charge is 0.396 e. The Morgan fingerprint density at radius 3 is 2.88 bits per heavy atom. The van der Waals surface area contributed by atoms with Crippen molar-refractivity contribution in [3.8, 4) is 0 Å². The van der Waals surface area contributed by atoms with E-state index in [2.05, 4.69) is 20.6 Å². The minimum Gasteiger partial charge on any atom is -0.396 e. The van der Waals surface area contributed by atoms with Gasteiger partial charge in [-0.25, -0.2) is 0 Å². The van der Waals surface area contributed by atoms with E-state index in [1.165, 1.54) is 0 Å². The average Bonchev–Trinajstić information content (AvgIpc) is 2.75. The molecule has 0 amide bonds. The van der Waals surface area contributed by atoms with Crippen LogP contribution in [0.25, 0.3) is 0 Å². The highest BCUT2D eigenvalue weighted by molar-refractivity contribution is 5.51. The van der Waals surface area contributed by atoms with Gasteiger partial charge in [0.25, 0.3) is 0 Å². The number of aromatic nitrogens is 2. The number of nitrogen functional groups attached to an aromatic ring is 1. The minimum absolute atomic E-state index is 0.219. The summed E-state index contributed by atoms with van der Waals surface area (Å²) in [5.41, 5.74) is 5.62. The maximum Gasteiger partial charge on any atom is 0.223 e. The lowest BCUT2D eigenvalue weighted by molar-refractivity contribution is 0.222. The van der Waals surface area contributed by atoms with Crippen LogP contribution >= 0.6 is 0 Å². The van der Waals surface area contributed by atoms with Crippen LogP contribution in [0.15, 0.2) is 6.07 Å². The molecule has 0 radical (unpaired) electrons. The highest BCUT2D eigenvalue weighted by atomic mass is 16.3. The molecule has 1 aliphatic carbocycles. The molecule has 1 aromatic rings. The van der Waals surface area contributed by atoms with Gasteiger partial charge in [0.1, 0.15) is 11.6 Å². The van der Waals surface area contributed by atoms with Gasteiger partial charge in [-0.2, -0.15) is 9.97 Å². The molecule has 0 aliphatic heterocycles. The van der Waals surface area contributed by atoms with Crippen molar-refractivity contribution >= 4 is 17.6 Å². The second-order valence-electron chi connectivity index (χ2n) is 4.37. The molecule has 5 N–H and O–H groups in total. The molecule has 1 aromatic heterocycles. The zero-order valence-electron chi connectivity index (χ0n) is 9.98. The minimum atomic E-state index is 0.219. The monoisotopic (exact) mass is 237 g/mol. The summed E-state index contributed by atoms with van der Waals surface area (Å²) < 4.78 is 0. The topological polar surface area (TPSA) is 96.1 Å². The van der Waals surface area contributed by atoms with Crippen molar-refractivity contribution in [1.82, 2.24) is 9.97 Å². The Hall–Kier alpha value is -1.56. The van der Waals surface area contributed by atoms with Crippen molar-refractivity contribution in [3.63, 3.8) is 0 Å². The first kappa shape index (κ1) is 11.9. The van der Waals surface area contributed by atoms with Gasteiger partial charge >= 0.3 is 0 Å². The number of hydrogen-bond acceptors (Lipinski definition) is 6. The number of nitrogens with two attached hydrogens (primary N) is 1. The van der Waals surface area contributed by atoms with Crippen LogP contribution in [0.5, 0.6) is 0 Å². The van der Waals surface area contributed by atoms with Crippen LogP contribution in [0.3, 0.4) is 0 Å². The predicted octanol–water partition coefficient (Wildman–Crippen LogP) is 0.673. The summed E-state index contributed by atoms with van der Waals surface area (Å²) in [5.74, 6) is 1.97. The molecule has 2 atom stereocenters. The lowest BCUT2D eigenvalue weighted by Gasteiger charge is -2.19. The van der Waals surface area contributed by atoms with Crippen LogP contribution in [0.4, 0.5) is 17.6 Å². The molecule has 0 bridgehead atoms. The second-order valence-corrected chi connectivity index (χ2v) is 4.37. The average molecular weight is 237 g/mol. The third kappa shape index (κ3) is 2.76. The smallest absolute Gasteiger partial charge is 0.223 e. The van der Waals surface area contributed by atoms with Crippen LogP contribution in [0.2, 0.25) is 0 Å². The van der Waals surface area contributed by atoms with Gasteiger partial charge in [0.15, 0.2) is 0 Å². The van der Waals surface area contributed by atoms with Crippen LogP contribution in [-0.2, 0) is 0 Å². The van der Waals surface area contributed by atoms with E-state index in [1.807, 2.05) is 6.07 Å². The van der Waals surface area contributed by atoms with Crippen LogP contribution in [-0.4, -0.2) is 34.8 Å². The van der Waals surface area contributed by atoms with Gasteiger partial charge in [0, 0.05) is 31.7 Å². The van der Waals surface area contributed by atoms with Gasteiger partial charge in [-0.05, 0) is 12.8 Å². The van der Waals surface area contributed by atoms with Gasteiger partial charge in [0.05, 0.1) is 0 Å². The van der Waals surface area contributed by atoms with E-state index in [4.69, 9.17) is 5.73 Å². The molecule has 1 fully saturated rings. The highest BCUT2D eigenvalue weighted by Gasteiger charge is 2.26. The number of nitrogens with one attached hydrogen (secondary N) is 2. The SMILES string of the molecule is CNc1cc(NC2CCCC2CO)nc(N)n1. The van der Waals surface area contributed by atoms with Crippen molar-refractivity contribution in [2.45, 2.75) is 25.3 Å². The van der Waals surface area contributed by atoms with Crippen LogP contribution in [0, 0.1) is 5.92 Å². The molecule has 1 heterocycles. The summed E-state index contributed by atoms with van der Waals surface area (Å²) in [5, 5.41) is 15.5. The Morgan fingerprint density at radius 1 is 1.41 bits per heavy atom. The first-order valence-electron chi connectivity index (χ1n) is 5.92. The Labute approximate surface area is 101 Å². The van der Waals surface area contributed by atoms with Crippen molar-refractivity contribution in [2.75, 3.05) is 30.0 Å². The predicted molar refractivity (Wildman–Crippen MR) is 67.8 cm³/mol.